The number of piperazine rings is 1. The average molecular weight is 473 g/mol. The number of nitrogens with two attached hydrogens (primary N) is 1. The van der Waals surface area contributed by atoms with Gasteiger partial charge in [-0.15, -0.1) is 0 Å². The number of amides is 2. The normalized spacial score (nSPS) is 18.5. The Morgan fingerprint density at radius 2 is 1.85 bits per heavy atom. The average Bonchev–Trinajstić information content (AvgIpc) is 3.28. The number of hydrogen-bond donors (Lipinski definition) is 3. The number of nitrogens with zero attached hydrogens (tertiary/aromatic N) is 3. The summed E-state index contributed by atoms with van der Waals surface area (Å²) < 4.78 is 0. The van der Waals surface area contributed by atoms with Crippen LogP contribution in [0.4, 0.5) is 0 Å². The molecule has 0 bridgehead atoms. The maximum absolute atomic E-state index is 13.0. The van der Waals surface area contributed by atoms with E-state index >= 15 is 0 Å². The SMILES string of the molecule is CC(N)=NCCCC(NC(=O)C1=CC=C(c2ccc(Cl)cc2)C1)C(=O)NN1CCN(C)CC1. The summed E-state index contributed by atoms with van der Waals surface area (Å²) in [5.41, 5.74) is 11.3. The quantitative estimate of drug-likeness (QED) is 0.289. The van der Waals surface area contributed by atoms with Gasteiger partial charge in [0, 0.05) is 49.7 Å². The third-order valence-corrected chi connectivity index (χ3v) is 6.03. The Balaban J connectivity index is 1.58. The lowest BCUT2D eigenvalue weighted by atomic mass is 10.0. The van der Waals surface area contributed by atoms with Crippen LogP contribution in [0.5, 0.6) is 0 Å². The number of hydrazine groups is 1. The third-order valence-electron chi connectivity index (χ3n) is 5.78. The van der Waals surface area contributed by atoms with Crippen LogP contribution in [-0.4, -0.2) is 73.4 Å². The second kappa shape index (κ2) is 12.0. The Morgan fingerprint density at radius 3 is 2.52 bits per heavy atom. The summed E-state index contributed by atoms with van der Waals surface area (Å²) in [5, 5.41) is 5.52. The largest absolute Gasteiger partial charge is 0.388 e. The lowest BCUT2D eigenvalue weighted by Gasteiger charge is -2.33. The molecule has 0 spiro atoms. The fourth-order valence-corrected chi connectivity index (χ4v) is 3.89. The first-order valence-electron chi connectivity index (χ1n) is 11.3. The highest BCUT2D eigenvalue weighted by Crippen LogP contribution is 2.29. The number of aliphatic imine (C=N–C) groups is 1. The van der Waals surface area contributed by atoms with E-state index in [0.29, 0.717) is 42.2 Å². The molecule has 4 N–H and O–H groups in total. The predicted octanol–water partition coefficient (Wildman–Crippen LogP) is 1.97. The van der Waals surface area contributed by atoms with Crippen molar-refractivity contribution in [1.82, 2.24) is 20.7 Å². The highest BCUT2D eigenvalue weighted by molar-refractivity contribution is 6.30. The van der Waals surface area contributed by atoms with Crippen LogP contribution in [0.25, 0.3) is 5.57 Å². The van der Waals surface area contributed by atoms with E-state index in [-0.39, 0.29) is 11.8 Å². The van der Waals surface area contributed by atoms with Gasteiger partial charge in [0.15, 0.2) is 0 Å². The molecule has 1 atom stereocenters. The van der Waals surface area contributed by atoms with Gasteiger partial charge in [0.25, 0.3) is 5.91 Å². The van der Waals surface area contributed by atoms with E-state index in [1.165, 1.54) is 0 Å². The first-order chi connectivity index (χ1) is 15.8. The Labute approximate surface area is 200 Å². The van der Waals surface area contributed by atoms with Crippen molar-refractivity contribution < 1.29 is 9.59 Å². The van der Waals surface area contributed by atoms with Gasteiger partial charge in [0.2, 0.25) is 5.91 Å². The number of carbonyl (C=O) groups excluding carboxylic acids is 2. The van der Waals surface area contributed by atoms with Crippen LogP contribution in [0.15, 0.2) is 47.0 Å². The highest BCUT2D eigenvalue weighted by atomic mass is 35.5. The number of benzene rings is 1. The minimum atomic E-state index is -0.647. The van der Waals surface area contributed by atoms with Crippen LogP contribution >= 0.6 is 11.6 Å². The molecule has 0 radical (unpaired) electrons. The highest BCUT2D eigenvalue weighted by Gasteiger charge is 2.26. The summed E-state index contributed by atoms with van der Waals surface area (Å²) >= 11 is 5.98. The van der Waals surface area contributed by atoms with Crippen molar-refractivity contribution in [2.45, 2.75) is 32.2 Å². The first-order valence-corrected chi connectivity index (χ1v) is 11.7. The summed E-state index contributed by atoms with van der Waals surface area (Å²) in [5.74, 6) is 0.0764. The molecule has 0 aromatic heterocycles. The second-order valence-corrected chi connectivity index (χ2v) is 8.96. The monoisotopic (exact) mass is 472 g/mol. The molecule has 33 heavy (non-hydrogen) atoms. The molecule has 1 aromatic rings. The van der Waals surface area contributed by atoms with Crippen LogP contribution in [-0.2, 0) is 9.59 Å². The standard InChI is InChI=1S/C24H33ClN6O2/c1-17(26)27-11-3-4-22(24(33)29-31-14-12-30(2)13-15-31)28-23(32)20-6-5-19(16-20)18-7-9-21(25)10-8-18/h5-10,22H,3-4,11-16H2,1-2H3,(H2,26,27)(H,28,32)(H,29,33). The smallest absolute Gasteiger partial charge is 0.256 e. The number of likely N-dealkylation sites (N-methyl/N-ethyl adjacent to an activating group) is 1. The van der Waals surface area contributed by atoms with Crippen molar-refractivity contribution in [2.24, 2.45) is 10.7 Å². The van der Waals surface area contributed by atoms with Crippen LogP contribution in [0.3, 0.4) is 0 Å². The topological polar surface area (TPSA) is 103 Å². The molecule has 2 aliphatic rings. The van der Waals surface area contributed by atoms with Crippen molar-refractivity contribution in [1.29, 1.82) is 0 Å². The van der Waals surface area contributed by atoms with Gasteiger partial charge in [-0.05, 0) is 50.1 Å². The molecule has 0 saturated carbocycles. The van der Waals surface area contributed by atoms with Crippen molar-refractivity contribution in [3.8, 4) is 0 Å². The van der Waals surface area contributed by atoms with Crippen LogP contribution in [0.2, 0.25) is 5.02 Å². The van der Waals surface area contributed by atoms with Gasteiger partial charge in [-0.1, -0.05) is 35.9 Å². The number of allylic oxidation sites excluding steroid dienone is 3. The molecule has 1 unspecified atom stereocenters. The molecule has 2 amide bonds. The van der Waals surface area contributed by atoms with Crippen molar-refractivity contribution in [2.75, 3.05) is 39.8 Å². The first kappa shape index (κ1) is 25.0. The molecule has 1 heterocycles. The molecule has 1 saturated heterocycles. The van der Waals surface area contributed by atoms with Crippen LogP contribution in [0, 0.1) is 0 Å². The summed E-state index contributed by atoms with van der Waals surface area (Å²) in [6, 6.07) is 6.90. The van der Waals surface area contributed by atoms with Crippen LogP contribution in [0.1, 0.15) is 31.7 Å². The van der Waals surface area contributed by atoms with E-state index < -0.39 is 6.04 Å². The molecule has 1 aliphatic heterocycles. The Kier molecular flexibility index (Phi) is 9.05. The lowest BCUT2D eigenvalue weighted by molar-refractivity contribution is -0.132. The number of carbonyl (C=O) groups is 2. The predicted molar refractivity (Wildman–Crippen MR) is 133 cm³/mol. The van der Waals surface area contributed by atoms with Gasteiger partial charge in [-0.25, -0.2) is 5.01 Å². The molecule has 1 aromatic carbocycles. The fraction of sp³-hybridized carbons (Fsp3) is 0.458. The summed E-state index contributed by atoms with van der Waals surface area (Å²) in [4.78, 5) is 32.4. The summed E-state index contributed by atoms with van der Waals surface area (Å²) in [6.07, 6.45) is 5.39. The number of rotatable bonds is 9. The molecular weight excluding hydrogens is 440 g/mol. The molecule has 9 heteroatoms. The Bertz CT molecular complexity index is 929. The Hall–Kier alpha value is -2.68. The summed E-state index contributed by atoms with van der Waals surface area (Å²) in [7, 11) is 2.06. The van der Waals surface area contributed by atoms with Crippen molar-refractivity contribution in [3.63, 3.8) is 0 Å². The zero-order valence-corrected chi connectivity index (χ0v) is 20.1. The molecule has 178 valence electrons. The van der Waals surface area contributed by atoms with E-state index in [4.69, 9.17) is 17.3 Å². The van der Waals surface area contributed by atoms with Crippen molar-refractivity contribution >= 4 is 34.8 Å². The number of halogens is 1. The number of amidine groups is 1. The molecule has 1 fully saturated rings. The van der Waals surface area contributed by atoms with Gasteiger partial charge in [0.1, 0.15) is 6.04 Å². The van der Waals surface area contributed by atoms with Gasteiger partial charge in [-0.3, -0.25) is 20.0 Å². The van der Waals surface area contributed by atoms with E-state index in [9.17, 15) is 9.59 Å². The third kappa shape index (κ3) is 7.70. The molecule has 8 nitrogen and oxygen atoms in total. The van der Waals surface area contributed by atoms with Crippen LogP contribution < -0.4 is 16.5 Å². The van der Waals surface area contributed by atoms with E-state index in [1.54, 1.807) is 6.92 Å². The lowest BCUT2D eigenvalue weighted by Crippen LogP contribution is -2.57. The van der Waals surface area contributed by atoms with E-state index in [1.807, 2.05) is 41.4 Å². The minimum Gasteiger partial charge on any atom is -0.388 e. The zero-order valence-electron chi connectivity index (χ0n) is 19.3. The van der Waals surface area contributed by atoms with Crippen molar-refractivity contribution in [3.05, 3.63) is 52.6 Å². The van der Waals surface area contributed by atoms with Gasteiger partial charge in [-0.2, -0.15) is 0 Å². The maximum Gasteiger partial charge on any atom is 0.256 e. The van der Waals surface area contributed by atoms with E-state index in [0.717, 1.165) is 37.3 Å². The number of hydrogen-bond acceptors (Lipinski definition) is 5. The zero-order chi connectivity index (χ0) is 23.8. The van der Waals surface area contributed by atoms with E-state index in [2.05, 4.69) is 27.7 Å². The second-order valence-electron chi connectivity index (χ2n) is 8.53. The van der Waals surface area contributed by atoms with Gasteiger partial charge >= 0.3 is 0 Å². The summed E-state index contributed by atoms with van der Waals surface area (Å²) in [6.45, 7) is 5.51. The minimum absolute atomic E-state index is 0.203. The Morgan fingerprint density at radius 1 is 1.15 bits per heavy atom. The maximum atomic E-state index is 13.0. The molecule has 3 rings (SSSR count). The number of nitrogens with one attached hydrogen (secondary N) is 2. The molecular formula is C24H33ClN6O2. The fourth-order valence-electron chi connectivity index (χ4n) is 3.77. The van der Waals surface area contributed by atoms with Gasteiger partial charge in [0.05, 0.1) is 5.84 Å². The molecule has 1 aliphatic carbocycles. The van der Waals surface area contributed by atoms with Gasteiger partial charge < -0.3 is 16.0 Å².